The molecule has 0 unspecified atom stereocenters. The molecular weight excluding hydrogens is 355 g/mol. The van der Waals surface area contributed by atoms with Crippen LogP contribution >= 0.6 is 11.3 Å². The van der Waals surface area contributed by atoms with Gasteiger partial charge >= 0.3 is 0 Å². The average molecular weight is 374 g/mol. The molecule has 1 aromatic heterocycles. The van der Waals surface area contributed by atoms with Crippen molar-refractivity contribution < 1.29 is 18.7 Å². The van der Waals surface area contributed by atoms with Crippen LogP contribution in [0, 0.1) is 5.82 Å². The molecule has 2 aliphatic heterocycles. The third-order valence-electron chi connectivity index (χ3n) is 5.10. The van der Waals surface area contributed by atoms with E-state index in [-0.39, 0.29) is 24.2 Å². The lowest BCUT2D eigenvalue weighted by molar-refractivity contribution is -0.143. The first-order valence-corrected chi connectivity index (χ1v) is 9.52. The molecule has 0 atom stereocenters. The van der Waals surface area contributed by atoms with Gasteiger partial charge in [0.15, 0.2) is 0 Å². The second-order valence-electron chi connectivity index (χ2n) is 6.74. The highest BCUT2D eigenvalue weighted by molar-refractivity contribution is 7.08. The van der Waals surface area contributed by atoms with E-state index in [9.17, 15) is 14.0 Å². The first-order valence-electron chi connectivity index (χ1n) is 8.58. The summed E-state index contributed by atoms with van der Waals surface area (Å²) < 4.78 is 19.4. The zero-order valence-corrected chi connectivity index (χ0v) is 15.0. The van der Waals surface area contributed by atoms with Crippen LogP contribution < -0.4 is 4.90 Å². The van der Waals surface area contributed by atoms with E-state index in [1.165, 1.54) is 23.5 Å². The van der Waals surface area contributed by atoms with Gasteiger partial charge in [0.05, 0.1) is 17.7 Å². The maximum atomic E-state index is 13.5. The predicted molar refractivity (Wildman–Crippen MR) is 96.9 cm³/mol. The second-order valence-corrected chi connectivity index (χ2v) is 7.52. The van der Waals surface area contributed by atoms with Gasteiger partial charge in [0.2, 0.25) is 0 Å². The van der Waals surface area contributed by atoms with E-state index in [0.717, 1.165) is 0 Å². The van der Waals surface area contributed by atoms with Gasteiger partial charge < -0.3 is 14.5 Å². The molecule has 0 aliphatic carbocycles. The molecule has 4 rings (SSSR count). The zero-order valence-electron chi connectivity index (χ0n) is 14.2. The summed E-state index contributed by atoms with van der Waals surface area (Å²) in [5, 5.41) is 3.75. The Morgan fingerprint density at radius 1 is 1.23 bits per heavy atom. The van der Waals surface area contributed by atoms with Crippen LogP contribution in [-0.2, 0) is 9.53 Å². The summed E-state index contributed by atoms with van der Waals surface area (Å²) in [6.45, 7) is 1.53. The number of morpholine rings is 1. The molecule has 2 aliphatic rings. The summed E-state index contributed by atoms with van der Waals surface area (Å²) in [5.41, 5.74) is 0.785. The summed E-state index contributed by atoms with van der Waals surface area (Å²) >= 11 is 1.51. The fraction of sp³-hybridized carbons (Fsp3) is 0.368. The third kappa shape index (κ3) is 3.24. The minimum absolute atomic E-state index is 0.0189. The predicted octanol–water partition coefficient (Wildman–Crippen LogP) is 2.93. The van der Waals surface area contributed by atoms with E-state index in [2.05, 4.69) is 0 Å². The number of rotatable bonds is 2. The van der Waals surface area contributed by atoms with E-state index in [1.54, 1.807) is 17.0 Å². The minimum Gasteiger partial charge on any atom is -0.363 e. The van der Waals surface area contributed by atoms with Crippen molar-refractivity contribution in [1.29, 1.82) is 0 Å². The van der Waals surface area contributed by atoms with Crippen molar-refractivity contribution in [3.63, 3.8) is 0 Å². The second kappa shape index (κ2) is 6.81. The van der Waals surface area contributed by atoms with E-state index >= 15 is 0 Å². The number of hydrogen-bond acceptors (Lipinski definition) is 4. The Bertz CT molecular complexity index is 816. The lowest BCUT2D eigenvalue weighted by Gasteiger charge is -2.46. The SMILES string of the molecule is O=C(c1ccsc1)N1CCC2(CC1)CN(c1cccc(F)c1)C(=O)CO2. The van der Waals surface area contributed by atoms with Gasteiger partial charge in [-0.3, -0.25) is 9.59 Å². The zero-order chi connectivity index (χ0) is 18.1. The number of piperidine rings is 1. The Kier molecular flexibility index (Phi) is 4.50. The first-order chi connectivity index (χ1) is 12.6. The van der Waals surface area contributed by atoms with Gasteiger partial charge in [0.1, 0.15) is 12.4 Å². The van der Waals surface area contributed by atoms with Gasteiger partial charge in [-0.15, -0.1) is 0 Å². The quantitative estimate of drug-likeness (QED) is 0.812. The highest BCUT2D eigenvalue weighted by Crippen LogP contribution is 2.33. The number of ether oxygens (including phenoxy) is 1. The molecule has 0 radical (unpaired) electrons. The summed E-state index contributed by atoms with van der Waals surface area (Å²) in [6.07, 6.45) is 1.31. The first kappa shape index (κ1) is 17.2. The van der Waals surface area contributed by atoms with E-state index < -0.39 is 5.60 Å². The molecule has 26 heavy (non-hydrogen) atoms. The Hall–Kier alpha value is -2.25. The van der Waals surface area contributed by atoms with Crippen molar-refractivity contribution in [2.24, 2.45) is 0 Å². The van der Waals surface area contributed by atoms with Gasteiger partial charge in [-0.2, -0.15) is 11.3 Å². The number of halogens is 1. The van der Waals surface area contributed by atoms with E-state index in [4.69, 9.17) is 4.74 Å². The number of carbonyl (C=O) groups is 2. The number of nitrogens with zero attached hydrogens (tertiary/aromatic N) is 2. The number of amides is 2. The summed E-state index contributed by atoms with van der Waals surface area (Å²) in [7, 11) is 0. The molecule has 2 amide bonds. The molecule has 5 nitrogen and oxygen atoms in total. The highest BCUT2D eigenvalue weighted by Gasteiger charge is 2.43. The number of likely N-dealkylation sites (tertiary alicyclic amines) is 1. The molecule has 0 saturated carbocycles. The maximum absolute atomic E-state index is 13.5. The van der Waals surface area contributed by atoms with Gasteiger partial charge in [-0.25, -0.2) is 4.39 Å². The van der Waals surface area contributed by atoms with Crippen LogP contribution in [0.15, 0.2) is 41.1 Å². The van der Waals surface area contributed by atoms with Gasteiger partial charge in [0.25, 0.3) is 11.8 Å². The molecule has 3 heterocycles. The Morgan fingerprint density at radius 3 is 2.73 bits per heavy atom. The normalized spacial score (nSPS) is 19.8. The van der Waals surface area contributed by atoms with Crippen LogP contribution in [0.1, 0.15) is 23.2 Å². The Labute approximate surface area is 155 Å². The molecule has 2 aromatic rings. The topological polar surface area (TPSA) is 49.9 Å². The van der Waals surface area contributed by atoms with Gasteiger partial charge in [0, 0.05) is 24.2 Å². The van der Waals surface area contributed by atoms with Crippen LogP contribution in [-0.4, -0.2) is 48.6 Å². The molecule has 1 spiro atoms. The van der Waals surface area contributed by atoms with Crippen molar-refractivity contribution in [2.75, 3.05) is 31.1 Å². The average Bonchev–Trinajstić information content (AvgIpc) is 3.19. The molecular formula is C19H19FN2O3S. The van der Waals surface area contributed by atoms with Crippen molar-refractivity contribution in [3.8, 4) is 0 Å². The number of carbonyl (C=O) groups excluding carboxylic acids is 2. The van der Waals surface area contributed by atoms with Gasteiger partial charge in [-0.1, -0.05) is 6.07 Å². The minimum atomic E-state index is -0.481. The van der Waals surface area contributed by atoms with Crippen molar-refractivity contribution in [2.45, 2.75) is 18.4 Å². The standard InChI is InChI=1S/C19H19FN2O3S/c20-15-2-1-3-16(10-15)22-13-19(25-11-17(22)23)5-7-21(8-6-19)18(24)14-4-9-26-12-14/h1-4,9-10,12H,5-8,11,13H2. The Morgan fingerprint density at radius 2 is 2.04 bits per heavy atom. The van der Waals surface area contributed by atoms with Crippen LogP contribution in [0.25, 0.3) is 0 Å². The van der Waals surface area contributed by atoms with Crippen LogP contribution in [0.5, 0.6) is 0 Å². The molecule has 7 heteroatoms. The molecule has 136 valence electrons. The van der Waals surface area contributed by atoms with Crippen LogP contribution in [0.3, 0.4) is 0 Å². The fourth-order valence-corrected chi connectivity index (χ4v) is 4.21. The number of anilines is 1. The van der Waals surface area contributed by atoms with E-state index in [0.29, 0.717) is 43.7 Å². The molecule has 0 N–H and O–H groups in total. The van der Waals surface area contributed by atoms with E-state index in [1.807, 2.05) is 21.7 Å². The molecule has 2 saturated heterocycles. The summed E-state index contributed by atoms with van der Waals surface area (Å²) in [4.78, 5) is 28.2. The Balaban J connectivity index is 1.46. The lowest BCUT2D eigenvalue weighted by Crippen LogP contribution is -2.59. The largest absolute Gasteiger partial charge is 0.363 e. The maximum Gasteiger partial charge on any atom is 0.254 e. The van der Waals surface area contributed by atoms with Gasteiger partial charge in [-0.05, 0) is 42.5 Å². The summed E-state index contributed by atoms with van der Waals surface area (Å²) in [5.74, 6) is -0.500. The highest BCUT2D eigenvalue weighted by atomic mass is 32.1. The molecule has 0 bridgehead atoms. The monoisotopic (exact) mass is 374 g/mol. The fourth-order valence-electron chi connectivity index (χ4n) is 3.58. The third-order valence-corrected chi connectivity index (χ3v) is 5.78. The van der Waals surface area contributed by atoms with Crippen molar-refractivity contribution in [3.05, 3.63) is 52.5 Å². The molecule has 1 aromatic carbocycles. The number of hydrogen-bond donors (Lipinski definition) is 0. The number of thiophene rings is 1. The smallest absolute Gasteiger partial charge is 0.254 e. The van der Waals surface area contributed by atoms with Crippen molar-refractivity contribution >= 4 is 28.8 Å². The molecule has 2 fully saturated rings. The van der Waals surface area contributed by atoms with Crippen LogP contribution in [0.2, 0.25) is 0 Å². The summed E-state index contributed by atoms with van der Waals surface area (Å²) in [6, 6.07) is 7.89. The number of benzene rings is 1. The lowest BCUT2D eigenvalue weighted by atomic mass is 9.88. The van der Waals surface area contributed by atoms with Crippen LogP contribution in [0.4, 0.5) is 10.1 Å². The van der Waals surface area contributed by atoms with Crippen molar-refractivity contribution in [1.82, 2.24) is 4.90 Å².